The summed E-state index contributed by atoms with van der Waals surface area (Å²) in [7, 11) is 0. The molecule has 0 spiro atoms. The van der Waals surface area contributed by atoms with Gasteiger partial charge in [-0.3, -0.25) is 0 Å². The highest BCUT2D eigenvalue weighted by molar-refractivity contribution is 5.87. The highest BCUT2D eigenvalue weighted by atomic mass is 16.6. The van der Waals surface area contributed by atoms with Crippen molar-refractivity contribution in [2.75, 3.05) is 0 Å². The van der Waals surface area contributed by atoms with E-state index in [4.69, 9.17) is 4.74 Å². The van der Waals surface area contributed by atoms with E-state index in [9.17, 15) is 4.79 Å². The van der Waals surface area contributed by atoms with Crippen LogP contribution in [-0.4, -0.2) is 11.6 Å². The monoisotopic (exact) mass is 318 g/mol. The van der Waals surface area contributed by atoms with E-state index in [-0.39, 0.29) is 11.6 Å². The second-order valence-corrected chi connectivity index (χ2v) is 8.64. The van der Waals surface area contributed by atoms with E-state index < -0.39 is 0 Å². The van der Waals surface area contributed by atoms with Crippen molar-refractivity contribution < 1.29 is 9.53 Å². The first-order valence-electron chi connectivity index (χ1n) is 9.86. The van der Waals surface area contributed by atoms with Crippen molar-refractivity contribution in [3.05, 3.63) is 12.2 Å². The van der Waals surface area contributed by atoms with E-state index >= 15 is 0 Å². The van der Waals surface area contributed by atoms with Crippen LogP contribution in [0.25, 0.3) is 0 Å². The van der Waals surface area contributed by atoms with Gasteiger partial charge >= 0.3 is 5.97 Å². The van der Waals surface area contributed by atoms with E-state index in [1.165, 1.54) is 51.4 Å². The lowest BCUT2D eigenvalue weighted by molar-refractivity contribution is -0.187. The van der Waals surface area contributed by atoms with Gasteiger partial charge in [0, 0.05) is 17.4 Å². The second-order valence-electron chi connectivity index (χ2n) is 8.64. The van der Waals surface area contributed by atoms with Crippen molar-refractivity contribution in [2.45, 2.75) is 84.2 Å². The molecule has 0 aromatic rings. The molecule has 3 saturated carbocycles. The molecule has 3 rings (SSSR count). The Kier molecular flexibility index (Phi) is 4.90. The third-order valence-electron chi connectivity index (χ3n) is 7.29. The van der Waals surface area contributed by atoms with Crippen LogP contribution >= 0.6 is 0 Å². The van der Waals surface area contributed by atoms with Crippen LogP contribution in [-0.2, 0) is 9.53 Å². The fourth-order valence-electron chi connectivity index (χ4n) is 6.01. The van der Waals surface area contributed by atoms with Gasteiger partial charge in [-0.15, -0.1) is 0 Å². The standard InChI is InChI=1S/C21H34O2/c1-5-15(4)18-8-6-7-11-21(18,23-20(22)14(2)3)19-13-16-9-10-17(19)12-16/h15-19H,2,5-13H2,1,3-4H3. The summed E-state index contributed by atoms with van der Waals surface area (Å²) in [6.45, 7) is 10.3. The molecule has 0 saturated heterocycles. The summed E-state index contributed by atoms with van der Waals surface area (Å²) in [5.74, 6) is 3.31. The predicted octanol–water partition coefficient (Wildman–Crippen LogP) is 5.52. The minimum atomic E-state index is -0.205. The Balaban J connectivity index is 1.94. The molecule has 2 heteroatoms. The highest BCUT2D eigenvalue weighted by Gasteiger charge is 2.57. The van der Waals surface area contributed by atoms with Gasteiger partial charge in [-0.1, -0.05) is 39.7 Å². The normalized spacial score (nSPS) is 40.8. The fourth-order valence-corrected chi connectivity index (χ4v) is 6.01. The summed E-state index contributed by atoms with van der Waals surface area (Å²) in [6, 6.07) is 0. The molecule has 3 aliphatic rings. The van der Waals surface area contributed by atoms with Crippen LogP contribution in [0.3, 0.4) is 0 Å². The largest absolute Gasteiger partial charge is 0.455 e. The van der Waals surface area contributed by atoms with Crippen LogP contribution in [0.5, 0.6) is 0 Å². The molecule has 0 radical (unpaired) electrons. The Hall–Kier alpha value is -0.790. The van der Waals surface area contributed by atoms with Crippen LogP contribution in [0.15, 0.2) is 12.2 Å². The summed E-state index contributed by atoms with van der Waals surface area (Å²) in [4.78, 5) is 12.5. The summed E-state index contributed by atoms with van der Waals surface area (Å²) in [5, 5.41) is 0. The average Bonchev–Trinajstić information content (AvgIpc) is 3.17. The molecule has 130 valence electrons. The first kappa shape index (κ1) is 17.0. The third-order valence-corrected chi connectivity index (χ3v) is 7.29. The first-order valence-corrected chi connectivity index (χ1v) is 9.86. The van der Waals surface area contributed by atoms with Crippen molar-refractivity contribution in [3.8, 4) is 0 Å². The van der Waals surface area contributed by atoms with Crippen molar-refractivity contribution in [3.63, 3.8) is 0 Å². The van der Waals surface area contributed by atoms with Crippen molar-refractivity contribution >= 4 is 5.97 Å². The van der Waals surface area contributed by atoms with Gasteiger partial charge in [0.15, 0.2) is 0 Å². The maximum atomic E-state index is 12.5. The van der Waals surface area contributed by atoms with E-state index in [2.05, 4.69) is 20.4 Å². The molecule has 2 bridgehead atoms. The number of rotatable bonds is 5. The molecule has 0 aliphatic heterocycles. The zero-order valence-corrected chi connectivity index (χ0v) is 15.3. The van der Waals surface area contributed by atoms with E-state index in [1.807, 2.05) is 0 Å². The summed E-state index contributed by atoms with van der Waals surface area (Å²) in [5.41, 5.74) is 0.352. The van der Waals surface area contributed by atoms with Crippen molar-refractivity contribution in [1.29, 1.82) is 0 Å². The Morgan fingerprint density at radius 3 is 2.61 bits per heavy atom. The molecule has 2 nitrogen and oxygen atoms in total. The molecular formula is C21H34O2. The second kappa shape index (κ2) is 6.61. The van der Waals surface area contributed by atoms with E-state index in [1.54, 1.807) is 6.92 Å². The third kappa shape index (κ3) is 2.98. The van der Waals surface area contributed by atoms with Gasteiger partial charge in [0.05, 0.1) is 0 Å². The van der Waals surface area contributed by atoms with Gasteiger partial charge in [-0.2, -0.15) is 0 Å². The van der Waals surface area contributed by atoms with Gasteiger partial charge in [0.25, 0.3) is 0 Å². The van der Waals surface area contributed by atoms with Crippen LogP contribution < -0.4 is 0 Å². The average molecular weight is 319 g/mol. The summed E-state index contributed by atoms with van der Waals surface area (Å²) >= 11 is 0. The van der Waals surface area contributed by atoms with Crippen molar-refractivity contribution in [1.82, 2.24) is 0 Å². The highest BCUT2D eigenvalue weighted by Crippen LogP contribution is 2.59. The Bertz CT molecular complexity index is 464. The molecule has 3 aliphatic carbocycles. The lowest BCUT2D eigenvalue weighted by Crippen LogP contribution is -2.54. The van der Waals surface area contributed by atoms with Crippen LogP contribution in [0, 0.1) is 29.6 Å². The fraction of sp³-hybridized carbons (Fsp3) is 0.857. The summed E-state index contributed by atoms with van der Waals surface area (Å²) < 4.78 is 6.37. The molecule has 3 fully saturated rings. The SMILES string of the molecule is C=C(C)C(=O)OC1(C2CC3CCC2C3)CCCCC1C(C)CC. The van der Waals surface area contributed by atoms with Crippen LogP contribution in [0.2, 0.25) is 0 Å². The van der Waals surface area contributed by atoms with E-state index in [0.717, 1.165) is 18.3 Å². The Morgan fingerprint density at radius 2 is 2.04 bits per heavy atom. The van der Waals surface area contributed by atoms with E-state index in [0.29, 0.717) is 23.3 Å². The lowest BCUT2D eigenvalue weighted by atomic mass is 9.60. The summed E-state index contributed by atoms with van der Waals surface area (Å²) in [6.07, 6.45) is 11.4. The molecule has 0 aromatic carbocycles. The topological polar surface area (TPSA) is 26.3 Å². The van der Waals surface area contributed by atoms with Gasteiger partial charge in [-0.05, 0) is 63.2 Å². The lowest BCUT2D eigenvalue weighted by Gasteiger charge is -2.51. The number of hydrogen-bond acceptors (Lipinski definition) is 2. The molecule has 23 heavy (non-hydrogen) atoms. The van der Waals surface area contributed by atoms with Gasteiger partial charge in [0.2, 0.25) is 0 Å². The van der Waals surface area contributed by atoms with Crippen molar-refractivity contribution in [2.24, 2.45) is 29.6 Å². The molecule has 0 amide bonds. The smallest absolute Gasteiger partial charge is 0.333 e. The molecule has 6 unspecified atom stereocenters. The zero-order chi connectivity index (χ0) is 16.6. The number of carbonyl (C=O) groups excluding carboxylic acids is 1. The predicted molar refractivity (Wildman–Crippen MR) is 94.0 cm³/mol. The number of ether oxygens (including phenoxy) is 1. The number of fused-ring (bicyclic) bond motifs is 2. The van der Waals surface area contributed by atoms with Gasteiger partial charge in [-0.25, -0.2) is 4.79 Å². The quantitative estimate of drug-likeness (QED) is 0.493. The molecule has 0 heterocycles. The van der Waals surface area contributed by atoms with Gasteiger partial charge in [0.1, 0.15) is 5.60 Å². The molecule has 6 atom stereocenters. The Morgan fingerprint density at radius 1 is 1.26 bits per heavy atom. The molecule has 0 N–H and O–H groups in total. The first-order chi connectivity index (χ1) is 11.0. The molecule has 0 aromatic heterocycles. The Labute approximate surface area is 142 Å². The number of esters is 1. The number of carbonyl (C=O) groups is 1. The maximum absolute atomic E-state index is 12.5. The van der Waals surface area contributed by atoms with Crippen LogP contribution in [0.1, 0.15) is 78.6 Å². The number of hydrogen-bond donors (Lipinski definition) is 0. The minimum Gasteiger partial charge on any atom is -0.455 e. The molecular weight excluding hydrogens is 284 g/mol. The minimum absolute atomic E-state index is 0.150. The van der Waals surface area contributed by atoms with Gasteiger partial charge < -0.3 is 4.74 Å². The maximum Gasteiger partial charge on any atom is 0.333 e. The zero-order valence-electron chi connectivity index (χ0n) is 15.3. The van der Waals surface area contributed by atoms with Crippen LogP contribution in [0.4, 0.5) is 0 Å².